The first-order valence-electron chi connectivity index (χ1n) is 8.30. The number of rotatable bonds is 10. The van der Waals surface area contributed by atoms with E-state index in [-0.39, 0.29) is 49.9 Å². The predicted molar refractivity (Wildman–Crippen MR) is 94.7 cm³/mol. The van der Waals surface area contributed by atoms with Gasteiger partial charge in [-0.2, -0.15) is 0 Å². The standard InChI is InChI=1S/C16H31N5O4/c1-7-19(4)14(23)9-18-13(22)10-20(5)16(25)11-21(6)15(24)8-17-12(2)3/h12,17H,7-11H2,1-6H3,(H,18,22). The molecule has 0 aliphatic carbocycles. The summed E-state index contributed by atoms with van der Waals surface area (Å²) < 4.78 is 0. The molecule has 0 saturated heterocycles. The molecule has 0 bridgehead atoms. The van der Waals surface area contributed by atoms with E-state index in [4.69, 9.17) is 0 Å². The van der Waals surface area contributed by atoms with Crippen molar-refractivity contribution in [3.63, 3.8) is 0 Å². The van der Waals surface area contributed by atoms with Gasteiger partial charge in [-0.25, -0.2) is 0 Å². The van der Waals surface area contributed by atoms with E-state index in [1.165, 1.54) is 28.8 Å². The lowest BCUT2D eigenvalue weighted by molar-refractivity contribution is -0.140. The number of nitrogens with one attached hydrogen (secondary N) is 2. The molecule has 25 heavy (non-hydrogen) atoms. The second-order valence-electron chi connectivity index (χ2n) is 6.22. The minimum absolute atomic E-state index is 0.107. The first-order valence-corrected chi connectivity index (χ1v) is 8.30. The third-order valence-corrected chi connectivity index (χ3v) is 3.60. The van der Waals surface area contributed by atoms with Gasteiger partial charge in [0.2, 0.25) is 23.6 Å². The van der Waals surface area contributed by atoms with Gasteiger partial charge in [-0.3, -0.25) is 19.2 Å². The third-order valence-electron chi connectivity index (χ3n) is 3.60. The highest BCUT2D eigenvalue weighted by molar-refractivity contribution is 5.90. The minimum atomic E-state index is -0.427. The number of nitrogens with zero attached hydrogens (tertiary/aromatic N) is 3. The van der Waals surface area contributed by atoms with Gasteiger partial charge < -0.3 is 25.3 Å². The molecule has 2 N–H and O–H groups in total. The molecule has 9 heteroatoms. The fourth-order valence-electron chi connectivity index (χ4n) is 1.68. The van der Waals surface area contributed by atoms with E-state index in [1.54, 1.807) is 7.05 Å². The van der Waals surface area contributed by atoms with E-state index in [9.17, 15) is 19.2 Å². The van der Waals surface area contributed by atoms with Crippen molar-refractivity contribution in [2.75, 3.05) is 53.9 Å². The van der Waals surface area contributed by atoms with Crippen LogP contribution in [0.2, 0.25) is 0 Å². The van der Waals surface area contributed by atoms with Crippen LogP contribution in [0.25, 0.3) is 0 Å². The average molecular weight is 357 g/mol. The van der Waals surface area contributed by atoms with Crippen LogP contribution in [0, 0.1) is 0 Å². The Morgan fingerprint density at radius 2 is 1.32 bits per heavy atom. The van der Waals surface area contributed by atoms with E-state index >= 15 is 0 Å². The number of likely N-dealkylation sites (N-methyl/N-ethyl adjacent to an activating group) is 3. The normalized spacial score (nSPS) is 10.4. The van der Waals surface area contributed by atoms with Crippen molar-refractivity contribution in [3.05, 3.63) is 0 Å². The maximum absolute atomic E-state index is 12.1. The highest BCUT2D eigenvalue weighted by Crippen LogP contribution is 1.92. The van der Waals surface area contributed by atoms with Gasteiger partial charge in [0.15, 0.2) is 0 Å². The van der Waals surface area contributed by atoms with Crippen LogP contribution in [0.15, 0.2) is 0 Å². The van der Waals surface area contributed by atoms with E-state index < -0.39 is 5.91 Å². The first kappa shape index (κ1) is 22.8. The van der Waals surface area contributed by atoms with E-state index in [1.807, 2.05) is 20.8 Å². The van der Waals surface area contributed by atoms with Crippen LogP contribution in [-0.2, 0) is 19.2 Å². The van der Waals surface area contributed by atoms with E-state index in [0.29, 0.717) is 6.54 Å². The zero-order chi connectivity index (χ0) is 19.6. The maximum atomic E-state index is 12.1. The summed E-state index contributed by atoms with van der Waals surface area (Å²) in [7, 11) is 4.66. The van der Waals surface area contributed by atoms with Crippen molar-refractivity contribution in [1.82, 2.24) is 25.3 Å². The van der Waals surface area contributed by atoms with Crippen molar-refractivity contribution in [2.24, 2.45) is 0 Å². The molecular formula is C16H31N5O4. The number of carbonyl (C=O) groups is 4. The molecule has 0 fully saturated rings. The lowest BCUT2D eigenvalue weighted by Crippen LogP contribution is -2.47. The molecule has 0 heterocycles. The predicted octanol–water partition coefficient (Wildman–Crippen LogP) is -1.50. The summed E-state index contributed by atoms with van der Waals surface area (Å²) in [5, 5.41) is 5.46. The average Bonchev–Trinajstić information content (AvgIpc) is 2.56. The van der Waals surface area contributed by atoms with Gasteiger partial charge in [0, 0.05) is 33.7 Å². The molecule has 0 spiro atoms. The molecule has 9 nitrogen and oxygen atoms in total. The summed E-state index contributed by atoms with van der Waals surface area (Å²) in [5.74, 6) is -1.18. The molecule has 0 atom stereocenters. The fraction of sp³-hybridized carbons (Fsp3) is 0.750. The van der Waals surface area contributed by atoms with Crippen LogP contribution >= 0.6 is 0 Å². The van der Waals surface area contributed by atoms with Crippen molar-refractivity contribution < 1.29 is 19.2 Å². The zero-order valence-corrected chi connectivity index (χ0v) is 16.1. The fourth-order valence-corrected chi connectivity index (χ4v) is 1.68. The molecule has 0 rings (SSSR count). The Morgan fingerprint density at radius 3 is 1.84 bits per heavy atom. The Kier molecular flexibility index (Phi) is 10.4. The summed E-state index contributed by atoms with van der Waals surface area (Å²) in [6.07, 6.45) is 0. The van der Waals surface area contributed by atoms with E-state index in [2.05, 4.69) is 10.6 Å². The number of carbonyl (C=O) groups excluding carboxylic acids is 4. The lowest BCUT2D eigenvalue weighted by Gasteiger charge is -2.22. The maximum Gasteiger partial charge on any atom is 0.242 e. The molecule has 0 aliphatic rings. The van der Waals surface area contributed by atoms with Crippen molar-refractivity contribution in [3.8, 4) is 0 Å². The molecule has 0 saturated carbocycles. The zero-order valence-electron chi connectivity index (χ0n) is 16.1. The monoisotopic (exact) mass is 357 g/mol. The summed E-state index contributed by atoms with van der Waals surface area (Å²) in [4.78, 5) is 51.4. The minimum Gasteiger partial charge on any atom is -0.345 e. The van der Waals surface area contributed by atoms with Crippen LogP contribution < -0.4 is 10.6 Å². The van der Waals surface area contributed by atoms with Gasteiger partial charge in [0.05, 0.1) is 26.2 Å². The molecule has 0 radical (unpaired) electrons. The molecule has 0 aliphatic heterocycles. The molecule has 0 aromatic heterocycles. The molecular weight excluding hydrogens is 326 g/mol. The Balaban J connectivity index is 4.26. The summed E-state index contributed by atoms with van der Waals surface area (Å²) >= 11 is 0. The van der Waals surface area contributed by atoms with Crippen LogP contribution in [-0.4, -0.2) is 98.2 Å². The van der Waals surface area contributed by atoms with Crippen LogP contribution in [0.3, 0.4) is 0 Å². The quantitative estimate of drug-likeness (QED) is 0.495. The highest BCUT2D eigenvalue weighted by Gasteiger charge is 2.18. The molecule has 0 aromatic carbocycles. The van der Waals surface area contributed by atoms with Crippen LogP contribution in [0.4, 0.5) is 0 Å². The smallest absolute Gasteiger partial charge is 0.242 e. The summed E-state index contributed by atoms with van der Waals surface area (Å²) in [5.41, 5.74) is 0. The highest BCUT2D eigenvalue weighted by atomic mass is 16.2. The number of hydrogen-bond acceptors (Lipinski definition) is 5. The second-order valence-corrected chi connectivity index (χ2v) is 6.22. The third kappa shape index (κ3) is 9.65. The number of amides is 4. The van der Waals surface area contributed by atoms with Crippen molar-refractivity contribution >= 4 is 23.6 Å². The van der Waals surface area contributed by atoms with Gasteiger partial charge in [-0.05, 0) is 6.92 Å². The topological polar surface area (TPSA) is 102 Å². The molecule has 0 unspecified atom stereocenters. The Bertz CT molecular complexity index is 481. The molecule has 4 amide bonds. The number of hydrogen-bond donors (Lipinski definition) is 2. The van der Waals surface area contributed by atoms with Crippen LogP contribution in [0.5, 0.6) is 0 Å². The Morgan fingerprint density at radius 1 is 0.800 bits per heavy atom. The lowest BCUT2D eigenvalue weighted by atomic mass is 10.3. The molecule has 0 aromatic rings. The van der Waals surface area contributed by atoms with Crippen molar-refractivity contribution in [1.29, 1.82) is 0 Å². The largest absolute Gasteiger partial charge is 0.345 e. The molecule has 144 valence electrons. The summed E-state index contributed by atoms with van der Waals surface area (Å²) in [6, 6.07) is 0.175. The Hall–Kier alpha value is -2.16. The van der Waals surface area contributed by atoms with E-state index in [0.717, 1.165) is 0 Å². The SMILES string of the molecule is CCN(C)C(=O)CNC(=O)CN(C)C(=O)CN(C)C(=O)CNC(C)C. The van der Waals surface area contributed by atoms with Gasteiger partial charge in [-0.1, -0.05) is 13.8 Å². The van der Waals surface area contributed by atoms with Crippen LogP contribution in [0.1, 0.15) is 20.8 Å². The first-order chi connectivity index (χ1) is 11.6. The Labute approximate surface area is 149 Å². The van der Waals surface area contributed by atoms with Crippen molar-refractivity contribution in [2.45, 2.75) is 26.8 Å². The summed E-state index contributed by atoms with van der Waals surface area (Å²) in [6.45, 7) is 6.00. The van der Waals surface area contributed by atoms with Gasteiger partial charge in [0.25, 0.3) is 0 Å². The van der Waals surface area contributed by atoms with Gasteiger partial charge >= 0.3 is 0 Å². The van der Waals surface area contributed by atoms with Gasteiger partial charge in [0.1, 0.15) is 0 Å². The van der Waals surface area contributed by atoms with Gasteiger partial charge in [-0.15, -0.1) is 0 Å². The second kappa shape index (κ2) is 11.4.